The van der Waals surface area contributed by atoms with Crippen LogP contribution in [0.15, 0.2) is 24.5 Å². The molecule has 0 saturated carbocycles. The fourth-order valence-corrected chi connectivity index (χ4v) is 2.54. The van der Waals surface area contributed by atoms with Crippen LogP contribution in [0.4, 0.5) is 5.82 Å². The van der Waals surface area contributed by atoms with Crippen molar-refractivity contribution in [1.29, 1.82) is 0 Å². The molecule has 0 amide bonds. The minimum atomic E-state index is 0.0969. The van der Waals surface area contributed by atoms with Gasteiger partial charge < -0.3 is 10.1 Å². The Morgan fingerprint density at radius 2 is 2.05 bits per heavy atom. The fourth-order valence-electron chi connectivity index (χ4n) is 2.54. The Morgan fingerprint density at radius 1 is 1.38 bits per heavy atom. The van der Waals surface area contributed by atoms with Crippen LogP contribution in [0.2, 0.25) is 0 Å². The Labute approximate surface area is 127 Å². The van der Waals surface area contributed by atoms with E-state index >= 15 is 0 Å². The number of hydrogen-bond donors (Lipinski definition) is 1. The number of piperidine rings is 1. The van der Waals surface area contributed by atoms with Gasteiger partial charge in [-0.05, 0) is 33.6 Å². The van der Waals surface area contributed by atoms with Crippen LogP contribution in [0.1, 0.15) is 33.6 Å². The van der Waals surface area contributed by atoms with Crippen molar-refractivity contribution >= 4 is 5.82 Å². The molecule has 5 nitrogen and oxygen atoms in total. The van der Waals surface area contributed by atoms with Crippen molar-refractivity contribution in [1.82, 2.24) is 14.9 Å². The lowest BCUT2D eigenvalue weighted by atomic mass is 10.0. The van der Waals surface area contributed by atoms with Gasteiger partial charge in [0.15, 0.2) is 5.82 Å². The average Bonchev–Trinajstić information content (AvgIpc) is 2.42. The van der Waals surface area contributed by atoms with Crippen LogP contribution in [0.25, 0.3) is 0 Å². The molecule has 1 aromatic heterocycles. The topological polar surface area (TPSA) is 50.3 Å². The second-order valence-electron chi connectivity index (χ2n) is 6.03. The van der Waals surface area contributed by atoms with Crippen LogP contribution >= 0.6 is 0 Å². The van der Waals surface area contributed by atoms with Gasteiger partial charge in [0.2, 0.25) is 0 Å². The summed E-state index contributed by atoms with van der Waals surface area (Å²) in [5, 5.41) is 3.48. The molecule has 1 N–H and O–H groups in total. The SMILES string of the molecule is C=C(C)CN1CCC(Nc2nccnc2OC(C)C)CC1. The van der Waals surface area contributed by atoms with Crippen molar-refractivity contribution in [3.63, 3.8) is 0 Å². The molecule has 0 aliphatic carbocycles. The lowest BCUT2D eigenvalue weighted by Crippen LogP contribution is -2.39. The Balaban J connectivity index is 1.90. The highest BCUT2D eigenvalue weighted by Gasteiger charge is 2.20. The van der Waals surface area contributed by atoms with Gasteiger partial charge in [0.05, 0.1) is 6.10 Å². The third-order valence-corrected chi connectivity index (χ3v) is 3.43. The maximum absolute atomic E-state index is 5.70. The highest BCUT2D eigenvalue weighted by molar-refractivity contribution is 5.45. The molecule has 1 aliphatic rings. The van der Waals surface area contributed by atoms with Gasteiger partial charge in [0.1, 0.15) is 0 Å². The molecule has 1 aromatic rings. The Hall–Kier alpha value is -1.62. The standard InChI is InChI=1S/C16H26N4O/c1-12(2)11-20-9-5-14(6-10-20)19-15-16(21-13(3)4)18-8-7-17-15/h7-8,13-14H,1,5-6,9-11H2,2-4H3,(H,17,19). The normalized spacial score (nSPS) is 17.0. The minimum absolute atomic E-state index is 0.0969. The largest absolute Gasteiger partial charge is 0.472 e. The maximum atomic E-state index is 5.70. The van der Waals surface area contributed by atoms with Crippen LogP contribution in [0.5, 0.6) is 5.88 Å². The van der Waals surface area contributed by atoms with E-state index in [9.17, 15) is 0 Å². The molecule has 21 heavy (non-hydrogen) atoms. The summed E-state index contributed by atoms with van der Waals surface area (Å²) in [4.78, 5) is 11.1. The lowest BCUT2D eigenvalue weighted by molar-refractivity contribution is 0.227. The highest BCUT2D eigenvalue weighted by Crippen LogP contribution is 2.22. The first-order valence-corrected chi connectivity index (χ1v) is 7.65. The van der Waals surface area contributed by atoms with E-state index < -0.39 is 0 Å². The highest BCUT2D eigenvalue weighted by atomic mass is 16.5. The van der Waals surface area contributed by atoms with Gasteiger partial charge in [-0.15, -0.1) is 0 Å². The summed E-state index contributed by atoms with van der Waals surface area (Å²) in [5.74, 6) is 1.35. The van der Waals surface area contributed by atoms with Crippen LogP contribution < -0.4 is 10.1 Å². The van der Waals surface area contributed by atoms with Crippen LogP contribution in [-0.2, 0) is 0 Å². The molecule has 2 heterocycles. The third-order valence-electron chi connectivity index (χ3n) is 3.43. The molecule has 1 aliphatic heterocycles. The molecule has 0 atom stereocenters. The van der Waals surface area contributed by atoms with Crippen LogP contribution in [0, 0.1) is 0 Å². The second kappa shape index (κ2) is 7.41. The summed E-state index contributed by atoms with van der Waals surface area (Å²) in [6.07, 6.45) is 5.67. The zero-order valence-corrected chi connectivity index (χ0v) is 13.3. The van der Waals surface area contributed by atoms with Crippen molar-refractivity contribution in [2.75, 3.05) is 25.0 Å². The Kier molecular flexibility index (Phi) is 5.56. The second-order valence-corrected chi connectivity index (χ2v) is 6.03. The fraction of sp³-hybridized carbons (Fsp3) is 0.625. The monoisotopic (exact) mass is 290 g/mol. The number of nitrogens with one attached hydrogen (secondary N) is 1. The number of anilines is 1. The number of likely N-dealkylation sites (tertiary alicyclic amines) is 1. The molecule has 5 heteroatoms. The van der Waals surface area contributed by atoms with Crippen molar-refractivity contribution in [3.8, 4) is 5.88 Å². The first-order chi connectivity index (χ1) is 10.0. The number of ether oxygens (including phenoxy) is 1. The zero-order chi connectivity index (χ0) is 15.2. The van der Waals surface area contributed by atoms with Crippen molar-refractivity contribution < 1.29 is 4.74 Å². The molecule has 1 fully saturated rings. The van der Waals surface area contributed by atoms with Gasteiger partial charge >= 0.3 is 0 Å². The average molecular weight is 290 g/mol. The van der Waals surface area contributed by atoms with Crippen molar-refractivity contribution in [2.24, 2.45) is 0 Å². The molecule has 0 aromatic carbocycles. The van der Waals surface area contributed by atoms with E-state index in [-0.39, 0.29) is 6.10 Å². The first-order valence-electron chi connectivity index (χ1n) is 7.65. The van der Waals surface area contributed by atoms with Crippen molar-refractivity contribution in [2.45, 2.75) is 45.8 Å². The lowest BCUT2D eigenvalue weighted by Gasteiger charge is -2.32. The summed E-state index contributed by atoms with van der Waals surface area (Å²) < 4.78 is 5.70. The van der Waals surface area contributed by atoms with E-state index in [4.69, 9.17) is 4.74 Å². The molecule has 0 radical (unpaired) electrons. The van der Waals surface area contributed by atoms with Gasteiger partial charge in [0, 0.05) is 38.1 Å². The molecule has 1 saturated heterocycles. The molecule has 2 rings (SSSR count). The third kappa shape index (κ3) is 5.01. The quantitative estimate of drug-likeness (QED) is 0.816. The number of rotatable bonds is 6. The predicted octanol–water partition coefficient (Wildman–Crippen LogP) is 2.72. The first kappa shape index (κ1) is 15.8. The molecule has 0 unspecified atom stereocenters. The van der Waals surface area contributed by atoms with E-state index in [1.54, 1.807) is 12.4 Å². The minimum Gasteiger partial charge on any atom is -0.472 e. The van der Waals surface area contributed by atoms with E-state index in [2.05, 4.69) is 33.7 Å². The van der Waals surface area contributed by atoms with Gasteiger partial charge in [-0.3, -0.25) is 4.90 Å². The predicted molar refractivity (Wildman–Crippen MR) is 85.7 cm³/mol. The van der Waals surface area contributed by atoms with Crippen LogP contribution in [0.3, 0.4) is 0 Å². The van der Waals surface area contributed by atoms with Crippen LogP contribution in [-0.4, -0.2) is 46.6 Å². The van der Waals surface area contributed by atoms with E-state index in [1.165, 1.54) is 5.57 Å². The number of aromatic nitrogens is 2. The molecular formula is C16H26N4O. The summed E-state index contributed by atoms with van der Waals surface area (Å²) in [6, 6.07) is 0.428. The summed E-state index contributed by atoms with van der Waals surface area (Å²) in [7, 11) is 0. The van der Waals surface area contributed by atoms with E-state index in [0.717, 1.165) is 38.3 Å². The summed E-state index contributed by atoms with van der Waals surface area (Å²) >= 11 is 0. The number of nitrogens with zero attached hydrogens (tertiary/aromatic N) is 3. The van der Waals surface area contributed by atoms with Crippen molar-refractivity contribution in [3.05, 3.63) is 24.5 Å². The van der Waals surface area contributed by atoms with Gasteiger partial charge in [0.25, 0.3) is 5.88 Å². The molecule has 0 bridgehead atoms. The van der Waals surface area contributed by atoms with E-state index in [0.29, 0.717) is 11.9 Å². The van der Waals surface area contributed by atoms with E-state index in [1.807, 2.05) is 13.8 Å². The summed E-state index contributed by atoms with van der Waals surface area (Å²) in [6.45, 7) is 13.2. The maximum Gasteiger partial charge on any atom is 0.257 e. The summed E-state index contributed by atoms with van der Waals surface area (Å²) in [5.41, 5.74) is 1.22. The molecule has 0 spiro atoms. The van der Waals surface area contributed by atoms with Gasteiger partial charge in [-0.2, -0.15) is 0 Å². The van der Waals surface area contributed by atoms with Gasteiger partial charge in [-0.1, -0.05) is 12.2 Å². The Morgan fingerprint density at radius 3 is 2.67 bits per heavy atom. The smallest absolute Gasteiger partial charge is 0.257 e. The number of hydrogen-bond acceptors (Lipinski definition) is 5. The molecule has 116 valence electrons. The Bertz CT molecular complexity index is 467. The van der Waals surface area contributed by atoms with Gasteiger partial charge in [-0.25, -0.2) is 9.97 Å². The molecular weight excluding hydrogens is 264 g/mol. The zero-order valence-electron chi connectivity index (χ0n) is 13.3.